The lowest BCUT2D eigenvalue weighted by atomic mass is 9.89. The van der Waals surface area contributed by atoms with Gasteiger partial charge in [0.15, 0.2) is 0 Å². The quantitative estimate of drug-likeness (QED) is 0.870. The summed E-state index contributed by atoms with van der Waals surface area (Å²) in [5, 5.41) is 3.01. The summed E-state index contributed by atoms with van der Waals surface area (Å²) in [4.78, 5) is 27.1. The number of hydrogen-bond acceptors (Lipinski definition) is 2. The van der Waals surface area contributed by atoms with E-state index >= 15 is 0 Å². The van der Waals surface area contributed by atoms with Gasteiger partial charge in [0, 0.05) is 19.0 Å². The summed E-state index contributed by atoms with van der Waals surface area (Å²) in [5.74, 6) is 0.185. The van der Waals surface area contributed by atoms with E-state index in [1.807, 2.05) is 18.7 Å². The first-order chi connectivity index (χ1) is 10.1. The van der Waals surface area contributed by atoms with Crippen molar-refractivity contribution in [3.63, 3.8) is 0 Å². The second-order valence-corrected chi connectivity index (χ2v) is 6.58. The molecular formula is C17H30N2O2. The van der Waals surface area contributed by atoms with Crippen LogP contribution in [0.1, 0.15) is 78.1 Å². The summed E-state index contributed by atoms with van der Waals surface area (Å²) >= 11 is 0. The lowest BCUT2D eigenvalue weighted by molar-refractivity contribution is -0.141. The fourth-order valence-corrected chi connectivity index (χ4v) is 3.81. The Balaban J connectivity index is 2.19. The number of hydrogen-bond donors (Lipinski definition) is 1. The van der Waals surface area contributed by atoms with Crippen LogP contribution in [-0.2, 0) is 9.59 Å². The Kier molecular flexibility index (Phi) is 5.65. The van der Waals surface area contributed by atoms with Crippen LogP contribution in [-0.4, -0.2) is 34.8 Å². The molecule has 0 bridgehead atoms. The molecule has 0 spiro atoms. The van der Waals surface area contributed by atoms with Gasteiger partial charge in [-0.1, -0.05) is 46.0 Å². The zero-order chi connectivity index (χ0) is 15.3. The summed E-state index contributed by atoms with van der Waals surface area (Å²) in [7, 11) is 0. The van der Waals surface area contributed by atoms with E-state index in [0.717, 1.165) is 12.8 Å². The van der Waals surface area contributed by atoms with Crippen molar-refractivity contribution >= 4 is 11.8 Å². The zero-order valence-corrected chi connectivity index (χ0v) is 13.6. The van der Waals surface area contributed by atoms with E-state index in [2.05, 4.69) is 5.32 Å². The number of carbonyl (C=O) groups is 2. The average Bonchev–Trinajstić information content (AvgIpc) is 2.57. The molecule has 2 fully saturated rings. The lowest BCUT2D eigenvalue weighted by Gasteiger charge is -2.38. The maximum atomic E-state index is 13.1. The van der Waals surface area contributed by atoms with E-state index in [1.54, 1.807) is 0 Å². The van der Waals surface area contributed by atoms with E-state index in [9.17, 15) is 9.59 Å². The first-order valence-corrected chi connectivity index (χ1v) is 8.75. The van der Waals surface area contributed by atoms with Crippen LogP contribution >= 0.6 is 0 Å². The van der Waals surface area contributed by atoms with Crippen molar-refractivity contribution < 1.29 is 9.59 Å². The third kappa shape index (κ3) is 3.58. The van der Waals surface area contributed by atoms with E-state index in [-0.39, 0.29) is 11.8 Å². The molecular weight excluding hydrogens is 264 g/mol. The van der Waals surface area contributed by atoms with Gasteiger partial charge >= 0.3 is 0 Å². The van der Waals surface area contributed by atoms with Crippen LogP contribution in [0, 0.1) is 0 Å². The minimum Gasteiger partial charge on any atom is -0.342 e. The third-order valence-electron chi connectivity index (χ3n) is 5.35. The monoisotopic (exact) mass is 294 g/mol. The Morgan fingerprint density at radius 3 is 2.19 bits per heavy atom. The van der Waals surface area contributed by atoms with E-state index in [1.165, 1.54) is 32.1 Å². The van der Waals surface area contributed by atoms with Crippen LogP contribution in [0.4, 0.5) is 0 Å². The summed E-state index contributed by atoms with van der Waals surface area (Å²) in [6, 6.07) is 0.336. The van der Waals surface area contributed by atoms with Gasteiger partial charge in [-0.3, -0.25) is 9.59 Å². The first kappa shape index (κ1) is 16.3. The van der Waals surface area contributed by atoms with E-state index < -0.39 is 5.54 Å². The number of carbonyl (C=O) groups excluding carboxylic acids is 2. The lowest BCUT2D eigenvalue weighted by Crippen LogP contribution is -2.58. The number of nitrogens with one attached hydrogen (secondary N) is 1. The highest BCUT2D eigenvalue weighted by Gasteiger charge is 2.43. The molecule has 1 saturated carbocycles. The number of amides is 2. The summed E-state index contributed by atoms with van der Waals surface area (Å²) in [5.41, 5.74) is -0.671. The highest BCUT2D eigenvalue weighted by Crippen LogP contribution is 2.28. The Morgan fingerprint density at radius 2 is 1.62 bits per heavy atom. The fourth-order valence-electron chi connectivity index (χ4n) is 3.81. The molecule has 0 aromatic rings. The van der Waals surface area contributed by atoms with Crippen molar-refractivity contribution in [1.29, 1.82) is 0 Å². The van der Waals surface area contributed by atoms with Gasteiger partial charge in [-0.05, 0) is 25.7 Å². The molecule has 4 nitrogen and oxygen atoms in total. The Labute approximate surface area is 128 Å². The van der Waals surface area contributed by atoms with Crippen molar-refractivity contribution in [3.05, 3.63) is 0 Å². The maximum Gasteiger partial charge on any atom is 0.248 e. The molecule has 1 aliphatic carbocycles. The largest absolute Gasteiger partial charge is 0.342 e. The molecule has 1 saturated heterocycles. The SMILES string of the molecule is CCC1(CC)NC(=O)CCN(C2CCCCCCC2)C1=O. The second-order valence-electron chi connectivity index (χ2n) is 6.58. The molecule has 1 aliphatic heterocycles. The van der Waals surface area contributed by atoms with Crippen LogP contribution in [0.5, 0.6) is 0 Å². The predicted octanol–water partition coefficient (Wildman–Crippen LogP) is 3.01. The van der Waals surface area contributed by atoms with Gasteiger partial charge in [0.25, 0.3) is 0 Å². The van der Waals surface area contributed by atoms with E-state index in [0.29, 0.717) is 31.8 Å². The van der Waals surface area contributed by atoms with Gasteiger partial charge < -0.3 is 10.2 Å². The molecule has 2 amide bonds. The van der Waals surface area contributed by atoms with Crippen LogP contribution in [0.2, 0.25) is 0 Å². The van der Waals surface area contributed by atoms with E-state index in [4.69, 9.17) is 0 Å². The molecule has 120 valence electrons. The molecule has 0 aromatic heterocycles. The predicted molar refractivity (Wildman–Crippen MR) is 83.9 cm³/mol. The van der Waals surface area contributed by atoms with Crippen molar-refractivity contribution in [2.45, 2.75) is 89.6 Å². The summed E-state index contributed by atoms with van der Waals surface area (Å²) in [6.07, 6.45) is 10.3. The van der Waals surface area contributed by atoms with Crippen molar-refractivity contribution in [3.8, 4) is 0 Å². The molecule has 2 rings (SSSR count). The fraction of sp³-hybridized carbons (Fsp3) is 0.882. The molecule has 0 atom stereocenters. The van der Waals surface area contributed by atoms with Crippen molar-refractivity contribution in [2.24, 2.45) is 0 Å². The molecule has 1 heterocycles. The minimum absolute atomic E-state index is 0.0281. The van der Waals surface area contributed by atoms with Gasteiger partial charge in [0.2, 0.25) is 11.8 Å². The first-order valence-electron chi connectivity index (χ1n) is 8.75. The van der Waals surface area contributed by atoms with Gasteiger partial charge in [-0.15, -0.1) is 0 Å². The van der Waals surface area contributed by atoms with Crippen molar-refractivity contribution in [2.75, 3.05) is 6.54 Å². The Hall–Kier alpha value is -1.06. The van der Waals surface area contributed by atoms with Gasteiger partial charge in [-0.25, -0.2) is 0 Å². The maximum absolute atomic E-state index is 13.1. The highest BCUT2D eigenvalue weighted by atomic mass is 16.2. The van der Waals surface area contributed by atoms with Crippen LogP contribution < -0.4 is 5.32 Å². The topological polar surface area (TPSA) is 49.4 Å². The molecule has 1 N–H and O–H groups in total. The smallest absolute Gasteiger partial charge is 0.248 e. The molecule has 0 radical (unpaired) electrons. The molecule has 0 unspecified atom stereocenters. The standard InChI is InChI=1S/C17H30N2O2/c1-3-17(4-2)16(21)19(13-12-15(20)18-17)14-10-8-6-5-7-9-11-14/h14H,3-13H2,1-2H3,(H,18,20). The van der Waals surface area contributed by atoms with Crippen molar-refractivity contribution in [1.82, 2.24) is 10.2 Å². The molecule has 2 aliphatic rings. The average molecular weight is 294 g/mol. The Morgan fingerprint density at radius 1 is 1.05 bits per heavy atom. The number of rotatable bonds is 3. The van der Waals surface area contributed by atoms with Crippen LogP contribution in [0.15, 0.2) is 0 Å². The Bertz CT molecular complexity index is 369. The molecule has 4 heteroatoms. The highest BCUT2D eigenvalue weighted by molar-refractivity contribution is 5.93. The zero-order valence-electron chi connectivity index (χ0n) is 13.6. The normalized spacial score (nSPS) is 25.0. The second kappa shape index (κ2) is 7.28. The number of nitrogens with zero attached hydrogens (tertiary/aromatic N) is 1. The third-order valence-corrected chi connectivity index (χ3v) is 5.35. The summed E-state index contributed by atoms with van der Waals surface area (Å²) in [6.45, 7) is 4.60. The van der Waals surface area contributed by atoms with Crippen LogP contribution in [0.3, 0.4) is 0 Å². The van der Waals surface area contributed by atoms with Gasteiger partial charge in [0.05, 0.1) is 0 Å². The van der Waals surface area contributed by atoms with Crippen LogP contribution in [0.25, 0.3) is 0 Å². The van der Waals surface area contributed by atoms with Gasteiger partial charge in [-0.2, -0.15) is 0 Å². The summed E-state index contributed by atoms with van der Waals surface area (Å²) < 4.78 is 0. The van der Waals surface area contributed by atoms with Gasteiger partial charge in [0.1, 0.15) is 5.54 Å². The molecule has 21 heavy (non-hydrogen) atoms. The molecule has 0 aromatic carbocycles. The minimum atomic E-state index is -0.671.